The van der Waals surface area contributed by atoms with Gasteiger partial charge in [0.2, 0.25) is 4.38 Å². The van der Waals surface area contributed by atoms with Crippen LogP contribution in [0, 0.1) is 28.6 Å². The van der Waals surface area contributed by atoms with Crippen LogP contribution in [0.4, 0.5) is 0 Å². The maximum absolute atomic E-state index is 6.40. The lowest BCUT2D eigenvalue weighted by atomic mass is 9.46. The first-order valence-electron chi connectivity index (χ1n) is 11.6. The second-order valence-corrected chi connectivity index (χ2v) is 11.9. The van der Waals surface area contributed by atoms with Gasteiger partial charge in [-0.15, -0.1) is 0 Å². The second-order valence-electron chi connectivity index (χ2n) is 10.5. The summed E-state index contributed by atoms with van der Waals surface area (Å²) in [4.78, 5) is 0. The molecular weight excluding hydrogens is 424 g/mol. The van der Waals surface area contributed by atoms with E-state index in [0.717, 1.165) is 29.4 Å². The molecule has 5 heteroatoms. The van der Waals surface area contributed by atoms with Crippen LogP contribution in [0.5, 0.6) is 11.5 Å². The first-order valence-corrected chi connectivity index (χ1v) is 13.3. The van der Waals surface area contributed by atoms with Crippen LogP contribution in [0.25, 0.3) is 0 Å². The van der Waals surface area contributed by atoms with Crippen molar-refractivity contribution in [2.45, 2.75) is 72.3 Å². The molecule has 0 bridgehead atoms. The van der Waals surface area contributed by atoms with Crippen LogP contribution in [0.1, 0.15) is 77.9 Å². The first-order chi connectivity index (χ1) is 14.6. The lowest BCUT2D eigenvalue weighted by Gasteiger charge is -2.59. The summed E-state index contributed by atoms with van der Waals surface area (Å²) < 4.78 is 18.1. The minimum Gasteiger partial charge on any atom is -0.497 e. The number of hydrogen-bond acceptors (Lipinski definition) is 5. The van der Waals surface area contributed by atoms with E-state index < -0.39 is 0 Å². The van der Waals surface area contributed by atoms with Gasteiger partial charge in [0, 0.05) is 6.07 Å². The van der Waals surface area contributed by atoms with Gasteiger partial charge in [-0.3, -0.25) is 0 Å². The van der Waals surface area contributed by atoms with Crippen molar-refractivity contribution in [3.63, 3.8) is 0 Å². The first kappa shape index (κ1) is 24.7. The van der Waals surface area contributed by atoms with E-state index in [-0.39, 0.29) is 6.10 Å². The zero-order valence-electron chi connectivity index (χ0n) is 20.3. The number of benzene rings is 1. The average Bonchev–Trinajstić information content (AvgIpc) is 2.74. The highest BCUT2D eigenvalue weighted by atomic mass is 32.2. The molecule has 5 atom stereocenters. The summed E-state index contributed by atoms with van der Waals surface area (Å²) in [7, 11) is 3.39. The van der Waals surface area contributed by atoms with Crippen molar-refractivity contribution >= 4 is 28.4 Å². The van der Waals surface area contributed by atoms with Gasteiger partial charge >= 0.3 is 0 Å². The van der Waals surface area contributed by atoms with E-state index in [9.17, 15) is 0 Å². The van der Waals surface area contributed by atoms with E-state index in [2.05, 4.69) is 39.8 Å². The Kier molecular flexibility index (Phi) is 7.89. The molecule has 0 radical (unpaired) electrons. The van der Waals surface area contributed by atoms with E-state index >= 15 is 0 Å². The number of ether oxygens (including phenoxy) is 3. The molecule has 2 fully saturated rings. The van der Waals surface area contributed by atoms with E-state index in [1.54, 1.807) is 14.2 Å². The Morgan fingerprint density at radius 2 is 1.74 bits per heavy atom. The summed E-state index contributed by atoms with van der Waals surface area (Å²) in [5.74, 6) is 3.62. The van der Waals surface area contributed by atoms with Gasteiger partial charge in [-0.2, -0.15) is 0 Å². The predicted octanol–water partition coefficient (Wildman–Crippen LogP) is 7.68. The molecule has 1 aromatic carbocycles. The summed E-state index contributed by atoms with van der Waals surface area (Å²) in [5, 5.41) is 0. The predicted molar refractivity (Wildman–Crippen MR) is 135 cm³/mol. The van der Waals surface area contributed by atoms with E-state index in [1.165, 1.54) is 43.9 Å². The van der Waals surface area contributed by atoms with Crippen molar-refractivity contribution in [1.29, 1.82) is 0 Å². The highest BCUT2D eigenvalue weighted by Gasteiger charge is 2.54. The molecule has 31 heavy (non-hydrogen) atoms. The molecule has 3 nitrogen and oxygen atoms in total. The maximum atomic E-state index is 6.40. The largest absolute Gasteiger partial charge is 0.497 e. The van der Waals surface area contributed by atoms with Gasteiger partial charge in [0.1, 0.15) is 17.6 Å². The molecule has 174 valence electrons. The van der Waals surface area contributed by atoms with Crippen LogP contribution in [0.3, 0.4) is 0 Å². The Morgan fingerprint density at radius 3 is 2.32 bits per heavy atom. The topological polar surface area (TPSA) is 27.7 Å². The van der Waals surface area contributed by atoms with Gasteiger partial charge in [0.25, 0.3) is 0 Å². The Bertz CT molecular complexity index is 756. The molecule has 0 N–H and O–H groups in total. The Morgan fingerprint density at radius 1 is 1.10 bits per heavy atom. The highest BCUT2D eigenvalue weighted by Crippen LogP contribution is 2.62. The molecule has 0 spiro atoms. The third-order valence-corrected chi connectivity index (χ3v) is 9.37. The molecule has 0 saturated heterocycles. The summed E-state index contributed by atoms with van der Waals surface area (Å²) in [5.41, 5.74) is 1.83. The van der Waals surface area contributed by atoms with Gasteiger partial charge in [0.15, 0.2) is 0 Å². The molecule has 0 heterocycles. The zero-order chi connectivity index (χ0) is 22.8. The molecule has 1 aromatic rings. The smallest absolute Gasteiger partial charge is 0.220 e. The quantitative estimate of drug-likeness (QED) is 0.403. The van der Waals surface area contributed by atoms with Crippen LogP contribution in [-0.4, -0.2) is 24.9 Å². The molecule has 5 unspecified atom stereocenters. The second kappa shape index (κ2) is 9.91. The fourth-order valence-corrected chi connectivity index (χ4v) is 7.10. The number of thioether (sulfide) groups is 1. The van der Waals surface area contributed by atoms with Gasteiger partial charge < -0.3 is 14.2 Å². The molecule has 2 aliphatic carbocycles. The normalized spacial score (nSPS) is 30.7. The molecule has 2 aliphatic rings. The van der Waals surface area contributed by atoms with Crippen LogP contribution in [-0.2, 0) is 4.74 Å². The number of thiocarbonyl (C=S) groups is 1. The fourth-order valence-electron chi connectivity index (χ4n) is 6.77. The molecule has 0 aromatic heterocycles. The minimum absolute atomic E-state index is 0.1000. The van der Waals surface area contributed by atoms with Crippen LogP contribution in [0.15, 0.2) is 18.2 Å². The standard InChI is InChI=1S/C26H40O3S2/c1-17-9-10-23-25(2,3)11-8-12-26(23,4)21(17)16-22(29-24(30)31-7)18-13-19(27-5)15-20(14-18)28-6/h13-15,17,21-23H,8-12,16H2,1-7H3. The SMILES string of the molecule is COc1cc(OC)cc(C(CC2C(C)CCC3C(C)(C)CCCC23C)OC(=S)SC)c1. The zero-order valence-corrected chi connectivity index (χ0v) is 22.0. The number of rotatable bonds is 6. The summed E-state index contributed by atoms with van der Waals surface area (Å²) in [6.07, 6.45) is 9.49. The Balaban J connectivity index is 1.97. The minimum atomic E-state index is -0.1000. The molecule has 3 rings (SSSR count). The maximum Gasteiger partial charge on any atom is 0.220 e. The molecule has 0 amide bonds. The van der Waals surface area contributed by atoms with Crippen LogP contribution < -0.4 is 9.47 Å². The fraction of sp³-hybridized carbons (Fsp3) is 0.731. The Hall–Kier alpha value is -0.940. The molecule has 2 saturated carbocycles. The Labute approximate surface area is 199 Å². The van der Waals surface area contributed by atoms with Gasteiger partial charge in [-0.25, -0.2) is 0 Å². The molecular formula is C26H40O3S2. The van der Waals surface area contributed by atoms with Gasteiger partial charge in [-0.05, 0) is 90.4 Å². The third kappa shape index (κ3) is 5.19. The highest BCUT2D eigenvalue weighted by molar-refractivity contribution is 8.22. The summed E-state index contributed by atoms with van der Waals surface area (Å²) in [6, 6.07) is 6.07. The van der Waals surface area contributed by atoms with Gasteiger partial charge in [0.05, 0.1) is 14.2 Å². The van der Waals surface area contributed by atoms with Crippen molar-refractivity contribution in [2.75, 3.05) is 20.5 Å². The monoisotopic (exact) mass is 464 g/mol. The van der Waals surface area contributed by atoms with E-state index in [0.29, 0.717) is 27.0 Å². The van der Waals surface area contributed by atoms with Crippen molar-refractivity contribution in [1.82, 2.24) is 0 Å². The third-order valence-electron chi connectivity index (χ3n) is 8.34. The summed E-state index contributed by atoms with van der Waals surface area (Å²) >= 11 is 7.01. The van der Waals surface area contributed by atoms with E-state index in [4.69, 9.17) is 26.4 Å². The van der Waals surface area contributed by atoms with E-state index in [1.807, 2.05) is 12.3 Å². The van der Waals surface area contributed by atoms with Gasteiger partial charge in [-0.1, -0.05) is 52.3 Å². The number of fused-ring (bicyclic) bond motifs is 1. The lowest BCUT2D eigenvalue weighted by Crippen LogP contribution is -2.51. The number of hydrogen-bond donors (Lipinski definition) is 0. The average molecular weight is 465 g/mol. The lowest BCUT2D eigenvalue weighted by molar-refractivity contribution is -0.105. The van der Waals surface area contributed by atoms with Crippen molar-refractivity contribution in [3.05, 3.63) is 23.8 Å². The van der Waals surface area contributed by atoms with Crippen molar-refractivity contribution in [3.8, 4) is 11.5 Å². The van der Waals surface area contributed by atoms with Crippen LogP contribution >= 0.6 is 24.0 Å². The number of methoxy groups -OCH3 is 2. The molecule has 0 aliphatic heterocycles. The van der Waals surface area contributed by atoms with Crippen molar-refractivity contribution in [2.24, 2.45) is 28.6 Å². The van der Waals surface area contributed by atoms with Crippen molar-refractivity contribution < 1.29 is 14.2 Å². The summed E-state index contributed by atoms with van der Waals surface area (Å²) in [6.45, 7) is 10.00. The van der Waals surface area contributed by atoms with Crippen LogP contribution in [0.2, 0.25) is 0 Å².